The standard InChI is InChI=1S/C16H13ClFNO4/c1-22-12-5-3-11(4-6-12)19-15(20)9-23-16(21)10-2-7-14(18)13(17)8-10/h2-8H,9H2,1H3,(H,19,20). The third-order valence-corrected chi connectivity index (χ3v) is 3.15. The van der Waals surface area contributed by atoms with Crippen LogP contribution in [0.2, 0.25) is 5.02 Å². The molecule has 2 aromatic rings. The summed E-state index contributed by atoms with van der Waals surface area (Å²) in [6.45, 7) is -0.472. The lowest BCUT2D eigenvalue weighted by molar-refractivity contribution is -0.119. The highest BCUT2D eigenvalue weighted by Gasteiger charge is 2.12. The Morgan fingerprint density at radius 3 is 2.48 bits per heavy atom. The van der Waals surface area contributed by atoms with Crippen molar-refractivity contribution in [2.75, 3.05) is 19.0 Å². The van der Waals surface area contributed by atoms with Crippen molar-refractivity contribution >= 4 is 29.2 Å². The van der Waals surface area contributed by atoms with Crippen molar-refractivity contribution in [3.63, 3.8) is 0 Å². The fraction of sp³-hybridized carbons (Fsp3) is 0.125. The van der Waals surface area contributed by atoms with E-state index < -0.39 is 24.3 Å². The molecule has 5 nitrogen and oxygen atoms in total. The second-order valence-electron chi connectivity index (χ2n) is 4.48. The third-order valence-electron chi connectivity index (χ3n) is 2.86. The first-order valence-corrected chi connectivity index (χ1v) is 6.93. The van der Waals surface area contributed by atoms with Crippen molar-refractivity contribution in [2.45, 2.75) is 0 Å². The molecule has 0 saturated heterocycles. The number of rotatable bonds is 5. The van der Waals surface area contributed by atoms with E-state index in [2.05, 4.69) is 5.32 Å². The Labute approximate surface area is 137 Å². The number of nitrogens with one attached hydrogen (secondary N) is 1. The SMILES string of the molecule is COc1ccc(NC(=O)COC(=O)c2ccc(F)c(Cl)c2)cc1. The van der Waals surface area contributed by atoms with Crippen LogP contribution in [0, 0.1) is 5.82 Å². The molecule has 2 aromatic carbocycles. The number of halogens is 2. The highest BCUT2D eigenvalue weighted by molar-refractivity contribution is 6.31. The van der Waals surface area contributed by atoms with Crippen LogP contribution in [0.25, 0.3) is 0 Å². The van der Waals surface area contributed by atoms with Gasteiger partial charge in [0.15, 0.2) is 6.61 Å². The van der Waals surface area contributed by atoms with Crippen LogP contribution in [-0.2, 0) is 9.53 Å². The minimum absolute atomic E-state index is 0.0636. The summed E-state index contributed by atoms with van der Waals surface area (Å²) >= 11 is 5.58. The molecule has 0 radical (unpaired) electrons. The molecule has 0 aromatic heterocycles. The first-order chi connectivity index (χ1) is 11.0. The molecule has 0 saturated carbocycles. The number of amides is 1. The maximum atomic E-state index is 13.0. The van der Waals surface area contributed by atoms with E-state index in [4.69, 9.17) is 21.1 Å². The van der Waals surface area contributed by atoms with E-state index in [1.807, 2.05) is 0 Å². The van der Waals surface area contributed by atoms with Gasteiger partial charge in [-0.1, -0.05) is 11.6 Å². The number of esters is 1. The molecular formula is C16H13ClFNO4. The summed E-state index contributed by atoms with van der Waals surface area (Å²) in [6, 6.07) is 10.1. The third kappa shape index (κ3) is 4.69. The molecule has 0 bridgehead atoms. The van der Waals surface area contributed by atoms with Gasteiger partial charge in [0.1, 0.15) is 11.6 Å². The van der Waals surface area contributed by atoms with Gasteiger partial charge >= 0.3 is 5.97 Å². The van der Waals surface area contributed by atoms with Gasteiger partial charge in [0, 0.05) is 5.69 Å². The summed E-state index contributed by atoms with van der Waals surface area (Å²) in [7, 11) is 1.54. The van der Waals surface area contributed by atoms with Gasteiger partial charge in [-0.2, -0.15) is 0 Å². The maximum absolute atomic E-state index is 13.0. The molecular weight excluding hydrogens is 325 g/mol. The molecule has 0 heterocycles. The molecule has 1 amide bonds. The number of carbonyl (C=O) groups is 2. The number of carbonyl (C=O) groups excluding carboxylic acids is 2. The van der Waals surface area contributed by atoms with E-state index in [-0.39, 0.29) is 10.6 Å². The van der Waals surface area contributed by atoms with Crippen molar-refractivity contribution in [1.82, 2.24) is 0 Å². The summed E-state index contributed by atoms with van der Waals surface area (Å²) in [5.74, 6) is -1.25. The minimum atomic E-state index is -0.767. The molecule has 7 heteroatoms. The van der Waals surface area contributed by atoms with E-state index >= 15 is 0 Å². The predicted octanol–water partition coefficient (Wildman–Crippen LogP) is 3.28. The van der Waals surface area contributed by atoms with Crippen molar-refractivity contribution in [1.29, 1.82) is 0 Å². The molecule has 0 aliphatic heterocycles. The van der Waals surface area contributed by atoms with Gasteiger partial charge in [-0.15, -0.1) is 0 Å². The normalized spacial score (nSPS) is 10.0. The summed E-state index contributed by atoms with van der Waals surface area (Å²) in [5, 5.41) is 2.37. The lowest BCUT2D eigenvalue weighted by atomic mass is 10.2. The van der Waals surface area contributed by atoms with E-state index in [0.29, 0.717) is 11.4 Å². The average Bonchev–Trinajstić information content (AvgIpc) is 2.56. The van der Waals surface area contributed by atoms with Gasteiger partial charge in [-0.3, -0.25) is 4.79 Å². The second-order valence-corrected chi connectivity index (χ2v) is 4.89. The number of hydrogen-bond donors (Lipinski definition) is 1. The smallest absolute Gasteiger partial charge is 0.338 e. The van der Waals surface area contributed by atoms with Crippen LogP contribution in [0.1, 0.15) is 10.4 Å². The monoisotopic (exact) mass is 337 g/mol. The van der Waals surface area contributed by atoms with E-state index in [1.54, 1.807) is 24.3 Å². The Kier molecular flexibility index (Phi) is 5.54. The Balaban J connectivity index is 1.87. The van der Waals surface area contributed by atoms with Crippen LogP contribution >= 0.6 is 11.6 Å². The van der Waals surface area contributed by atoms with E-state index in [1.165, 1.54) is 13.2 Å². The van der Waals surface area contributed by atoms with E-state index in [9.17, 15) is 14.0 Å². The van der Waals surface area contributed by atoms with Crippen LogP contribution in [0.15, 0.2) is 42.5 Å². The zero-order valence-corrected chi connectivity index (χ0v) is 12.9. The van der Waals surface area contributed by atoms with E-state index in [0.717, 1.165) is 12.1 Å². The maximum Gasteiger partial charge on any atom is 0.338 e. The number of hydrogen-bond acceptors (Lipinski definition) is 4. The van der Waals surface area contributed by atoms with Crippen molar-refractivity contribution in [3.05, 3.63) is 58.9 Å². The predicted molar refractivity (Wildman–Crippen MR) is 83.3 cm³/mol. The van der Waals surface area contributed by atoms with Gasteiger partial charge in [0.2, 0.25) is 0 Å². The molecule has 23 heavy (non-hydrogen) atoms. The van der Waals surface area contributed by atoms with Gasteiger partial charge in [-0.25, -0.2) is 9.18 Å². The largest absolute Gasteiger partial charge is 0.497 e. The zero-order valence-electron chi connectivity index (χ0n) is 12.1. The summed E-state index contributed by atoms with van der Waals surface area (Å²) in [6.07, 6.45) is 0. The van der Waals surface area contributed by atoms with Crippen LogP contribution < -0.4 is 10.1 Å². The highest BCUT2D eigenvalue weighted by atomic mass is 35.5. The molecule has 0 aliphatic carbocycles. The van der Waals surface area contributed by atoms with Gasteiger partial charge in [-0.05, 0) is 42.5 Å². The molecule has 2 rings (SSSR count). The van der Waals surface area contributed by atoms with Crippen molar-refractivity contribution in [2.24, 2.45) is 0 Å². The van der Waals surface area contributed by atoms with Crippen LogP contribution in [0.5, 0.6) is 5.75 Å². The van der Waals surface area contributed by atoms with Gasteiger partial charge in [0.05, 0.1) is 17.7 Å². The van der Waals surface area contributed by atoms with Crippen LogP contribution in [0.4, 0.5) is 10.1 Å². The van der Waals surface area contributed by atoms with Crippen molar-refractivity contribution < 1.29 is 23.5 Å². The Morgan fingerprint density at radius 1 is 1.17 bits per heavy atom. The van der Waals surface area contributed by atoms with Crippen LogP contribution in [0.3, 0.4) is 0 Å². The number of anilines is 1. The fourth-order valence-electron chi connectivity index (χ4n) is 1.71. The van der Waals surface area contributed by atoms with Crippen molar-refractivity contribution in [3.8, 4) is 5.75 Å². The van der Waals surface area contributed by atoms with Gasteiger partial charge < -0.3 is 14.8 Å². The topological polar surface area (TPSA) is 64.6 Å². The Hall–Kier alpha value is -2.60. The molecule has 0 spiro atoms. The highest BCUT2D eigenvalue weighted by Crippen LogP contribution is 2.17. The lowest BCUT2D eigenvalue weighted by Crippen LogP contribution is -2.20. The summed E-state index contributed by atoms with van der Waals surface area (Å²) in [5.41, 5.74) is 0.602. The number of benzene rings is 2. The molecule has 0 fully saturated rings. The first-order valence-electron chi connectivity index (χ1n) is 6.55. The molecule has 1 N–H and O–H groups in total. The molecule has 0 atom stereocenters. The first kappa shape index (κ1) is 16.8. The minimum Gasteiger partial charge on any atom is -0.497 e. The molecule has 0 unspecified atom stereocenters. The van der Waals surface area contributed by atoms with Crippen LogP contribution in [-0.4, -0.2) is 25.6 Å². The summed E-state index contributed by atoms with van der Waals surface area (Å²) in [4.78, 5) is 23.5. The number of methoxy groups -OCH3 is 1. The van der Waals surface area contributed by atoms with Gasteiger partial charge in [0.25, 0.3) is 5.91 Å². The number of ether oxygens (including phenoxy) is 2. The zero-order chi connectivity index (χ0) is 16.8. The average molecular weight is 338 g/mol. The fourth-order valence-corrected chi connectivity index (χ4v) is 1.89. The second kappa shape index (κ2) is 7.60. The lowest BCUT2D eigenvalue weighted by Gasteiger charge is -2.07. The Bertz CT molecular complexity index is 719. The Morgan fingerprint density at radius 2 is 1.87 bits per heavy atom. The quantitative estimate of drug-likeness (QED) is 0.850. The molecule has 120 valence electrons. The molecule has 0 aliphatic rings. The summed E-state index contributed by atoms with van der Waals surface area (Å²) < 4.78 is 22.9.